The maximum Gasteiger partial charge on any atom is 0.240 e. The molecule has 4 atom stereocenters. The van der Waals surface area contributed by atoms with Gasteiger partial charge in [0.25, 0.3) is 0 Å². The molecular weight excluding hydrogens is 410 g/mol. The number of allylic oxidation sites excluding steroid dienone is 1. The van der Waals surface area contributed by atoms with Crippen LogP contribution in [0.25, 0.3) is 0 Å². The van der Waals surface area contributed by atoms with Crippen LogP contribution in [0.3, 0.4) is 0 Å². The van der Waals surface area contributed by atoms with Gasteiger partial charge in [-0.2, -0.15) is 5.10 Å². The van der Waals surface area contributed by atoms with Gasteiger partial charge in [-0.15, -0.1) is 0 Å². The van der Waals surface area contributed by atoms with Gasteiger partial charge in [-0.25, -0.2) is 4.90 Å². The van der Waals surface area contributed by atoms with Crippen LogP contribution in [0.2, 0.25) is 0 Å². The van der Waals surface area contributed by atoms with Gasteiger partial charge in [-0.3, -0.25) is 19.4 Å². The van der Waals surface area contributed by atoms with Crippen LogP contribution in [-0.4, -0.2) is 40.9 Å². The Kier molecular flexibility index (Phi) is 4.10. The van der Waals surface area contributed by atoms with Crippen molar-refractivity contribution in [3.63, 3.8) is 0 Å². The second-order valence-electron chi connectivity index (χ2n) is 8.12. The van der Waals surface area contributed by atoms with Crippen LogP contribution in [-0.2, 0) is 14.4 Å². The number of hydrogen-bond acceptors (Lipinski definition) is 5. The first-order valence-electron chi connectivity index (χ1n) is 8.88. The number of carbonyl (C=O) groups excluding carboxylic acids is 3. The number of hydrogen-bond donors (Lipinski definition) is 0. The van der Waals surface area contributed by atoms with Crippen LogP contribution in [0.5, 0.6) is 0 Å². The van der Waals surface area contributed by atoms with Crippen molar-refractivity contribution in [2.24, 2.45) is 22.4 Å². The molecule has 2 saturated heterocycles. The SMILES string of the molecule is CC(C)(C)C(=O)C1C2C(=O)N(c3cccc(Br)c3)C(=O)C2C2C=CC=NN21. The van der Waals surface area contributed by atoms with E-state index in [-0.39, 0.29) is 23.6 Å². The summed E-state index contributed by atoms with van der Waals surface area (Å²) in [6.07, 6.45) is 5.22. The normalized spacial score (nSPS) is 29.3. The van der Waals surface area contributed by atoms with Gasteiger partial charge < -0.3 is 0 Å². The topological polar surface area (TPSA) is 70.0 Å². The summed E-state index contributed by atoms with van der Waals surface area (Å²) in [4.78, 5) is 41.0. The molecule has 2 amide bonds. The van der Waals surface area contributed by atoms with Gasteiger partial charge in [0, 0.05) is 16.1 Å². The molecule has 4 unspecified atom stereocenters. The van der Waals surface area contributed by atoms with Crippen molar-refractivity contribution >= 4 is 45.4 Å². The van der Waals surface area contributed by atoms with E-state index in [1.807, 2.05) is 32.9 Å². The van der Waals surface area contributed by atoms with Crippen LogP contribution >= 0.6 is 15.9 Å². The lowest BCUT2D eigenvalue weighted by molar-refractivity contribution is -0.136. The Labute approximate surface area is 166 Å². The summed E-state index contributed by atoms with van der Waals surface area (Å²) in [7, 11) is 0. The Balaban J connectivity index is 1.80. The number of benzene rings is 1. The molecule has 6 nitrogen and oxygen atoms in total. The quantitative estimate of drug-likeness (QED) is 0.677. The van der Waals surface area contributed by atoms with Gasteiger partial charge in [0.05, 0.1) is 23.6 Å². The number of imide groups is 1. The number of fused-ring (bicyclic) bond motifs is 3. The third kappa shape index (κ3) is 2.67. The van der Waals surface area contributed by atoms with E-state index in [2.05, 4.69) is 21.0 Å². The number of Topliss-reactive ketones (excluding diaryl/α,β-unsaturated/α-hetero) is 1. The zero-order valence-corrected chi connectivity index (χ0v) is 16.9. The molecule has 3 aliphatic heterocycles. The molecule has 0 radical (unpaired) electrons. The maximum absolute atomic E-state index is 13.3. The minimum absolute atomic E-state index is 0.0790. The number of rotatable bonds is 2. The molecule has 140 valence electrons. The minimum Gasteiger partial charge on any atom is -0.297 e. The molecule has 0 aromatic heterocycles. The Hall–Kier alpha value is -2.28. The lowest BCUT2D eigenvalue weighted by Gasteiger charge is -2.33. The molecule has 2 fully saturated rings. The van der Waals surface area contributed by atoms with Crippen LogP contribution in [0.4, 0.5) is 5.69 Å². The first kappa shape index (κ1) is 18.1. The van der Waals surface area contributed by atoms with Crippen LogP contribution in [0.15, 0.2) is 46.0 Å². The third-order valence-electron chi connectivity index (χ3n) is 5.37. The van der Waals surface area contributed by atoms with E-state index in [1.54, 1.807) is 35.5 Å². The molecule has 4 rings (SSSR count). The molecule has 0 bridgehead atoms. The maximum atomic E-state index is 13.3. The average Bonchev–Trinajstić information content (AvgIpc) is 3.07. The summed E-state index contributed by atoms with van der Waals surface area (Å²) in [6, 6.07) is 5.96. The Bertz CT molecular complexity index is 902. The predicted octanol–water partition coefficient (Wildman–Crippen LogP) is 2.78. The Morgan fingerprint density at radius 1 is 1.15 bits per heavy atom. The zero-order valence-electron chi connectivity index (χ0n) is 15.3. The number of amides is 2. The molecule has 7 heteroatoms. The molecule has 0 N–H and O–H groups in total. The summed E-state index contributed by atoms with van der Waals surface area (Å²) < 4.78 is 0.781. The van der Waals surface area contributed by atoms with E-state index in [1.165, 1.54) is 4.90 Å². The largest absolute Gasteiger partial charge is 0.297 e. The zero-order chi connectivity index (χ0) is 19.5. The number of halogens is 1. The lowest BCUT2D eigenvalue weighted by Crippen LogP contribution is -2.49. The highest BCUT2D eigenvalue weighted by atomic mass is 79.9. The van der Waals surface area contributed by atoms with Gasteiger partial charge in [0.1, 0.15) is 6.04 Å². The number of nitrogens with zero attached hydrogens (tertiary/aromatic N) is 3. The Morgan fingerprint density at radius 2 is 1.85 bits per heavy atom. The van der Waals surface area contributed by atoms with Gasteiger partial charge in [0.15, 0.2) is 5.78 Å². The highest BCUT2D eigenvalue weighted by molar-refractivity contribution is 9.10. The average molecular weight is 430 g/mol. The molecule has 1 aromatic rings. The van der Waals surface area contributed by atoms with Crippen molar-refractivity contribution in [1.82, 2.24) is 5.01 Å². The monoisotopic (exact) mass is 429 g/mol. The van der Waals surface area contributed by atoms with Crippen LogP contribution in [0.1, 0.15) is 20.8 Å². The van der Waals surface area contributed by atoms with E-state index in [0.717, 1.165) is 4.47 Å². The fourth-order valence-corrected chi connectivity index (χ4v) is 4.54. The van der Waals surface area contributed by atoms with Crippen molar-refractivity contribution in [2.45, 2.75) is 32.9 Å². The van der Waals surface area contributed by atoms with Crippen LogP contribution < -0.4 is 4.90 Å². The molecule has 3 aliphatic rings. The smallest absolute Gasteiger partial charge is 0.240 e. The molecule has 27 heavy (non-hydrogen) atoms. The second kappa shape index (κ2) is 6.12. The van der Waals surface area contributed by atoms with Crippen molar-refractivity contribution in [1.29, 1.82) is 0 Å². The first-order valence-corrected chi connectivity index (χ1v) is 9.68. The second-order valence-corrected chi connectivity index (χ2v) is 9.04. The molecule has 1 aromatic carbocycles. The van der Waals surface area contributed by atoms with Gasteiger partial charge >= 0.3 is 0 Å². The van der Waals surface area contributed by atoms with Gasteiger partial charge in [0.2, 0.25) is 11.8 Å². The fourth-order valence-electron chi connectivity index (χ4n) is 4.15. The molecule has 3 heterocycles. The van der Waals surface area contributed by atoms with E-state index < -0.39 is 23.3 Å². The van der Waals surface area contributed by atoms with Gasteiger partial charge in [-0.1, -0.05) is 48.8 Å². The number of ketones is 1. The van der Waals surface area contributed by atoms with Crippen LogP contribution in [0, 0.1) is 17.3 Å². The summed E-state index contributed by atoms with van der Waals surface area (Å²) in [5.41, 5.74) is -0.126. The summed E-state index contributed by atoms with van der Waals surface area (Å²) >= 11 is 3.39. The number of hydrazone groups is 1. The summed E-state index contributed by atoms with van der Waals surface area (Å²) in [5, 5.41) is 5.99. The molecule has 0 aliphatic carbocycles. The minimum atomic E-state index is -0.741. The van der Waals surface area contributed by atoms with Gasteiger partial charge in [-0.05, 0) is 24.3 Å². The number of anilines is 1. The standard InChI is InChI=1S/C20H20BrN3O3/c1-20(2,3)17(25)16-15-14(13-8-5-9-22-24(13)16)18(26)23(19(15)27)12-7-4-6-11(21)10-12/h4-10,13-16H,1-3H3. The molecule has 0 saturated carbocycles. The van der Waals surface area contributed by atoms with E-state index in [0.29, 0.717) is 5.69 Å². The predicted molar refractivity (Wildman–Crippen MR) is 105 cm³/mol. The third-order valence-corrected chi connectivity index (χ3v) is 5.86. The Morgan fingerprint density at radius 3 is 2.52 bits per heavy atom. The van der Waals surface area contributed by atoms with E-state index in [4.69, 9.17) is 0 Å². The first-order chi connectivity index (χ1) is 12.7. The summed E-state index contributed by atoms with van der Waals surface area (Å²) in [5.74, 6) is -2.02. The van der Waals surface area contributed by atoms with E-state index in [9.17, 15) is 14.4 Å². The van der Waals surface area contributed by atoms with E-state index >= 15 is 0 Å². The molecular formula is C20H20BrN3O3. The van der Waals surface area contributed by atoms with Crippen molar-refractivity contribution in [2.75, 3.05) is 4.90 Å². The number of carbonyl (C=O) groups is 3. The van der Waals surface area contributed by atoms with Crippen molar-refractivity contribution in [3.8, 4) is 0 Å². The van der Waals surface area contributed by atoms with Crippen molar-refractivity contribution in [3.05, 3.63) is 40.9 Å². The van der Waals surface area contributed by atoms with Crippen molar-refractivity contribution < 1.29 is 14.4 Å². The highest BCUT2D eigenvalue weighted by Gasteiger charge is 2.64. The lowest BCUT2D eigenvalue weighted by atomic mass is 9.80. The highest BCUT2D eigenvalue weighted by Crippen LogP contribution is 2.47. The molecule has 0 spiro atoms. The summed E-state index contributed by atoms with van der Waals surface area (Å²) in [6.45, 7) is 5.48. The fraction of sp³-hybridized carbons (Fsp3) is 0.400.